The molecule has 21 heavy (non-hydrogen) atoms. The van der Waals surface area contributed by atoms with E-state index in [1.54, 1.807) is 18.2 Å². The Kier molecular flexibility index (Phi) is 5.95. The monoisotopic (exact) mass is 316 g/mol. The number of nitrogens with zero attached hydrogens (tertiary/aromatic N) is 2. The fraction of sp³-hybridized carbons (Fsp3) is 0.786. The Morgan fingerprint density at radius 1 is 1.24 bits per heavy atom. The zero-order valence-corrected chi connectivity index (χ0v) is 14.5. The highest BCUT2D eigenvalue weighted by molar-refractivity contribution is 7.89. The fourth-order valence-corrected chi connectivity index (χ4v) is 5.18. The summed E-state index contributed by atoms with van der Waals surface area (Å²) in [5.41, 5.74) is 6.50. The van der Waals surface area contributed by atoms with Gasteiger partial charge in [0, 0.05) is 18.6 Å². The van der Waals surface area contributed by atoms with Crippen molar-refractivity contribution < 1.29 is 8.42 Å². The number of aromatic amines is 1. The van der Waals surface area contributed by atoms with Crippen LogP contribution in [0.4, 0.5) is 0 Å². The summed E-state index contributed by atoms with van der Waals surface area (Å²) in [5, 5.41) is 6.78. The second-order valence-electron chi connectivity index (χ2n) is 5.48. The molecule has 0 aliphatic carbocycles. The minimum atomic E-state index is -3.62. The van der Waals surface area contributed by atoms with E-state index in [1.165, 1.54) is 0 Å². The lowest BCUT2D eigenvalue weighted by Gasteiger charge is -2.41. The molecule has 0 bridgehead atoms. The molecule has 0 atom stereocenters. The summed E-state index contributed by atoms with van der Waals surface area (Å²) < 4.78 is 27.9. The highest BCUT2D eigenvalue weighted by Gasteiger charge is 2.42. The van der Waals surface area contributed by atoms with Gasteiger partial charge in [0.05, 0.1) is 11.4 Å². The maximum atomic E-state index is 13.2. The summed E-state index contributed by atoms with van der Waals surface area (Å²) in [4.78, 5) is 0.288. The first kappa shape index (κ1) is 18.1. The summed E-state index contributed by atoms with van der Waals surface area (Å²) in [5.74, 6) is 0. The molecule has 0 unspecified atom stereocenters. The molecule has 0 aliphatic rings. The lowest BCUT2D eigenvalue weighted by molar-refractivity contribution is 0.177. The molecule has 0 spiro atoms. The van der Waals surface area contributed by atoms with E-state index in [0.29, 0.717) is 37.3 Å². The van der Waals surface area contributed by atoms with Crippen LogP contribution in [-0.2, 0) is 10.0 Å². The molecule has 7 heteroatoms. The summed E-state index contributed by atoms with van der Waals surface area (Å²) in [6.07, 6.45) is 2.13. The van der Waals surface area contributed by atoms with Crippen molar-refractivity contribution in [1.29, 1.82) is 0 Å². The Bertz CT molecular complexity index is 534. The number of sulfonamides is 1. The van der Waals surface area contributed by atoms with Gasteiger partial charge in [-0.3, -0.25) is 5.10 Å². The van der Waals surface area contributed by atoms with Gasteiger partial charge in [-0.15, -0.1) is 0 Å². The van der Waals surface area contributed by atoms with Crippen molar-refractivity contribution in [1.82, 2.24) is 14.5 Å². The van der Waals surface area contributed by atoms with Gasteiger partial charge in [0.1, 0.15) is 4.90 Å². The molecule has 0 saturated heterocycles. The van der Waals surface area contributed by atoms with Gasteiger partial charge in [-0.1, -0.05) is 20.8 Å². The first-order chi connectivity index (χ1) is 9.80. The number of H-pyrrole nitrogens is 1. The molecule has 122 valence electrons. The number of nitrogens with two attached hydrogens (primary N) is 1. The van der Waals surface area contributed by atoms with E-state index in [-0.39, 0.29) is 4.90 Å². The van der Waals surface area contributed by atoms with Crippen LogP contribution in [0.5, 0.6) is 0 Å². The molecule has 6 nitrogen and oxygen atoms in total. The molecule has 0 saturated carbocycles. The van der Waals surface area contributed by atoms with Gasteiger partial charge in [0.25, 0.3) is 0 Å². The first-order valence-corrected chi connectivity index (χ1v) is 8.99. The van der Waals surface area contributed by atoms with Crippen molar-refractivity contribution in [3.8, 4) is 0 Å². The van der Waals surface area contributed by atoms with E-state index in [0.717, 1.165) is 6.42 Å². The number of aryl methyl sites for hydroxylation is 2. The normalized spacial score (nSPS) is 13.1. The highest BCUT2D eigenvalue weighted by atomic mass is 32.2. The van der Waals surface area contributed by atoms with Crippen molar-refractivity contribution in [3.05, 3.63) is 11.4 Å². The topological polar surface area (TPSA) is 92.1 Å². The summed E-state index contributed by atoms with van der Waals surface area (Å²) >= 11 is 0. The Morgan fingerprint density at radius 2 is 1.81 bits per heavy atom. The lowest BCUT2D eigenvalue weighted by atomic mass is 9.93. The van der Waals surface area contributed by atoms with Crippen LogP contribution in [0.3, 0.4) is 0 Å². The Morgan fingerprint density at radius 3 is 2.14 bits per heavy atom. The maximum absolute atomic E-state index is 13.2. The molecule has 1 aromatic heterocycles. The van der Waals surface area contributed by atoms with Crippen LogP contribution in [0.2, 0.25) is 0 Å². The summed E-state index contributed by atoms with van der Waals surface area (Å²) in [6.45, 7) is 10.2. The van der Waals surface area contributed by atoms with Crippen LogP contribution in [-0.4, -0.2) is 41.5 Å². The highest BCUT2D eigenvalue weighted by Crippen LogP contribution is 2.32. The van der Waals surface area contributed by atoms with E-state index < -0.39 is 15.6 Å². The lowest BCUT2D eigenvalue weighted by Crippen LogP contribution is -2.55. The molecule has 0 fully saturated rings. The second-order valence-corrected chi connectivity index (χ2v) is 7.28. The van der Waals surface area contributed by atoms with Gasteiger partial charge < -0.3 is 5.73 Å². The van der Waals surface area contributed by atoms with Crippen LogP contribution in [0, 0.1) is 13.8 Å². The fourth-order valence-electron chi connectivity index (χ4n) is 2.84. The number of aromatic nitrogens is 2. The molecule has 3 N–H and O–H groups in total. The van der Waals surface area contributed by atoms with E-state index in [2.05, 4.69) is 10.2 Å². The zero-order chi connectivity index (χ0) is 16.3. The molecule has 1 aromatic rings. The zero-order valence-electron chi connectivity index (χ0n) is 13.7. The number of hydrogen-bond acceptors (Lipinski definition) is 4. The number of rotatable bonds is 8. The van der Waals surface area contributed by atoms with Gasteiger partial charge in [0.15, 0.2) is 0 Å². The smallest absolute Gasteiger partial charge is 0.247 e. The third-order valence-corrected chi connectivity index (χ3v) is 6.53. The van der Waals surface area contributed by atoms with Crippen molar-refractivity contribution in [2.75, 3.05) is 13.1 Å². The van der Waals surface area contributed by atoms with E-state index in [4.69, 9.17) is 5.73 Å². The van der Waals surface area contributed by atoms with Crippen LogP contribution in [0.25, 0.3) is 0 Å². The summed E-state index contributed by atoms with van der Waals surface area (Å²) in [6, 6.07) is 0. The first-order valence-electron chi connectivity index (χ1n) is 7.55. The average Bonchev–Trinajstić information content (AvgIpc) is 2.80. The van der Waals surface area contributed by atoms with Crippen LogP contribution in [0.1, 0.15) is 51.4 Å². The minimum absolute atomic E-state index is 0.288. The molecular weight excluding hydrogens is 288 g/mol. The van der Waals surface area contributed by atoms with Gasteiger partial charge in [-0.05, 0) is 33.1 Å². The van der Waals surface area contributed by atoms with Crippen LogP contribution < -0.4 is 5.73 Å². The largest absolute Gasteiger partial charge is 0.329 e. The van der Waals surface area contributed by atoms with Crippen molar-refractivity contribution in [2.24, 2.45) is 5.73 Å². The van der Waals surface area contributed by atoms with E-state index in [1.807, 2.05) is 20.8 Å². The van der Waals surface area contributed by atoms with Crippen molar-refractivity contribution in [3.63, 3.8) is 0 Å². The Balaban J connectivity index is 3.47. The molecule has 1 heterocycles. The van der Waals surface area contributed by atoms with Gasteiger partial charge in [-0.25, -0.2) is 8.42 Å². The van der Waals surface area contributed by atoms with Crippen molar-refractivity contribution in [2.45, 2.75) is 64.3 Å². The third-order valence-electron chi connectivity index (χ3n) is 4.26. The van der Waals surface area contributed by atoms with Crippen LogP contribution >= 0.6 is 0 Å². The van der Waals surface area contributed by atoms with E-state index >= 15 is 0 Å². The molecular formula is C14H28N4O2S. The third kappa shape index (κ3) is 3.14. The standard InChI is InChI=1S/C14H28N4O2S/c1-6-9-18(14(7-2,8-3)10-15)21(19,20)13-11(4)16-17-12(13)5/h6-10,15H2,1-5H3,(H,16,17). The Hall–Kier alpha value is -0.920. The number of nitrogens with one attached hydrogen (secondary N) is 1. The molecule has 0 aliphatic heterocycles. The molecule has 0 amide bonds. The molecule has 1 rings (SSSR count). The van der Waals surface area contributed by atoms with Crippen molar-refractivity contribution >= 4 is 10.0 Å². The quantitative estimate of drug-likeness (QED) is 0.766. The predicted molar refractivity (Wildman–Crippen MR) is 84.6 cm³/mol. The van der Waals surface area contributed by atoms with E-state index in [9.17, 15) is 8.42 Å². The van der Waals surface area contributed by atoms with Gasteiger partial charge in [0.2, 0.25) is 10.0 Å². The molecule has 0 radical (unpaired) electrons. The maximum Gasteiger partial charge on any atom is 0.247 e. The average molecular weight is 316 g/mol. The second kappa shape index (κ2) is 6.89. The summed E-state index contributed by atoms with van der Waals surface area (Å²) in [7, 11) is -3.62. The Labute approximate surface area is 128 Å². The predicted octanol–water partition coefficient (Wildman–Crippen LogP) is 1.94. The minimum Gasteiger partial charge on any atom is -0.329 e. The van der Waals surface area contributed by atoms with Gasteiger partial charge in [-0.2, -0.15) is 9.40 Å². The molecule has 0 aromatic carbocycles. The number of hydrogen-bond donors (Lipinski definition) is 2. The van der Waals surface area contributed by atoms with Crippen LogP contribution in [0.15, 0.2) is 4.90 Å². The van der Waals surface area contributed by atoms with Gasteiger partial charge >= 0.3 is 0 Å². The SMILES string of the molecule is CCCN(C(CC)(CC)CN)S(=O)(=O)c1c(C)n[nH]c1C.